The number of hydrogen-bond donors (Lipinski definition) is 2. The van der Waals surface area contributed by atoms with Gasteiger partial charge in [-0.1, -0.05) is 0 Å². The normalized spacial score (nSPS) is 12.1. The molecule has 2 N–H and O–H groups in total. The minimum absolute atomic E-state index is 0.544. The number of ether oxygens (including phenoxy) is 1. The zero-order chi connectivity index (χ0) is 13.1. The van der Waals surface area contributed by atoms with Crippen molar-refractivity contribution in [1.82, 2.24) is 4.98 Å². The summed E-state index contributed by atoms with van der Waals surface area (Å²) < 4.78 is 5.13. The molecule has 0 fully saturated rings. The number of carboxylic acid groups (broad SMARTS) is 1. The Morgan fingerprint density at radius 3 is 2.83 bits per heavy atom. The number of benzene rings is 1. The summed E-state index contributed by atoms with van der Waals surface area (Å²) >= 11 is 0. The van der Waals surface area contributed by atoms with Crippen LogP contribution < -0.4 is 10.1 Å². The fraction of sp³-hybridized carbons (Fsp3) is 0.231. The van der Waals surface area contributed by atoms with E-state index in [9.17, 15) is 4.79 Å². The molecular weight excluding hydrogens is 232 g/mol. The summed E-state index contributed by atoms with van der Waals surface area (Å²) in [6.45, 7) is 1.57. The molecule has 0 amide bonds. The van der Waals surface area contributed by atoms with Gasteiger partial charge < -0.3 is 15.2 Å². The largest absolute Gasteiger partial charge is 0.497 e. The molecule has 0 saturated heterocycles. The van der Waals surface area contributed by atoms with Crippen LogP contribution in [0, 0.1) is 0 Å². The van der Waals surface area contributed by atoms with Gasteiger partial charge in [0, 0.05) is 5.39 Å². The lowest BCUT2D eigenvalue weighted by atomic mass is 10.2. The first-order chi connectivity index (χ1) is 8.60. The number of pyridine rings is 1. The van der Waals surface area contributed by atoms with Crippen LogP contribution in [0.2, 0.25) is 0 Å². The summed E-state index contributed by atoms with van der Waals surface area (Å²) in [5, 5.41) is 12.6. The van der Waals surface area contributed by atoms with Gasteiger partial charge >= 0.3 is 5.97 Å². The molecule has 0 bridgehead atoms. The van der Waals surface area contributed by atoms with Crippen molar-refractivity contribution in [1.29, 1.82) is 0 Å². The van der Waals surface area contributed by atoms with E-state index in [2.05, 4.69) is 10.3 Å². The summed E-state index contributed by atoms with van der Waals surface area (Å²) in [5.41, 5.74) is 0.790. The molecule has 2 rings (SSSR count). The maximum absolute atomic E-state index is 10.7. The maximum atomic E-state index is 10.7. The molecule has 1 aromatic carbocycles. The van der Waals surface area contributed by atoms with Crippen LogP contribution in [0.3, 0.4) is 0 Å². The minimum Gasteiger partial charge on any atom is -0.497 e. The molecule has 1 unspecified atom stereocenters. The summed E-state index contributed by atoms with van der Waals surface area (Å²) in [6, 6.07) is 8.49. The number of anilines is 1. The Balaban J connectivity index is 2.30. The van der Waals surface area contributed by atoms with E-state index in [0.29, 0.717) is 5.82 Å². The topological polar surface area (TPSA) is 71.5 Å². The van der Waals surface area contributed by atoms with E-state index in [-0.39, 0.29) is 0 Å². The zero-order valence-corrected chi connectivity index (χ0v) is 10.2. The highest BCUT2D eigenvalue weighted by Crippen LogP contribution is 2.21. The van der Waals surface area contributed by atoms with Crippen molar-refractivity contribution >= 4 is 22.7 Å². The van der Waals surface area contributed by atoms with Crippen molar-refractivity contribution in [3.8, 4) is 5.75 Å². The molecule has 1 heterocycles. The molecule has 0 saturated carbocycles. The lowest BCUT2D eigenvalue weighted by molar-refractivity contribution is -0.137. The third-order valence-electron chi connectivity index (χ3n) is 2.63. The number of methoxy groups -OCH3 is 1. The van der Waals surface area contributed by atoms with Gasteiger partial charge in [0.15, 0.2) is 0 Å². The van der Waals surface area contributed by atoms with Gasteiger partial charge in [-0.15, -0.1) is 0 Å². The standard InChI is InChI=1S/C13H14N2O3/c1-8(13(16)17)14-12-6-3-9-7-10(18-2)4-5-11(9)15-12/h3-8H,1-2H3,(H,14,15)(H,16,17). The Morgan fingerprint density at radius 1 is 1.39 bits per heavy atom. The van der Waals surface area contributed by atoms with E-state index in [1.807, 2.05) is 24.3 Å². The number of carbonyl (C=O) groups is 1. The van der Waals surface area contributed by atoms with Crippen molar-refractivity contribution in [2.75, 3.05) is 12.4 Å². The number of hydrogen-bond acceptors (Lipinski definition) is 4. The average Bonchev–Trinajstić information content (AvgIpc) is 2.37. The fourth-order valence-corrected chi connectivity index (χ4v) is 1.59. The number of aromatic nitrogens is 1. The first-order valence-electron chi connectivity index (χ1n) is 5.54. The number of aliphatic carboxylic acids is 1. The molecule has 18 heavy (non-hydrogen) atoms. The van der Waals surface area contributed by atoms with Crippen LogP contribution in [0.5, 0.6) is 5.75 Å². The van der Waals surface area contributed by atoms with Crippen molar-refractivity contribution in [3.05, 3.63) is 30.3 Å². The Bertz CT molecular complexity index is 583. The Hall–Kier alpha value is -2.30. The van der Waals surface area contributed by atoms with Crippen LogP contribution in [0.4, 0.5) is 5.82 Å². The predicted octanol–water partition coefficient (Wildman–Crippen LogP) is 2.13. The minimum atomic E-state index is -0.911. The summed E-state index contributed by atoms with van der Waals surface area (Å²) in [7, 11) is 1.61. The highest BCUT2D eigenvalue weighted by molar-refractivity contribution is 5.82. The first-order valence-corrected chi connectivity index (χ1v) is 5.54. The van der Waals surface area contributed by atoms with Crippen LogP contribution in [0.1, 0.15) is 6.92 Å². The second kappa shape index (κ2) is 4.91. The molecule has 94 valence electrons. The first kappa shape index (κ1) is 12.2. The molecule has 2 aromatic rings. The molecular formula is C13H14N2O3. The number of fused-ring (bicyclic) bond motifs is 1. The summed E-state index contributed by atoms with van der Waals surface area (Å²) in [4.78, 5) is 15.1. The highest BCUT2D eigenvalue weighted by atomic mass is 16.5. The van der Waals surface area contributed by atoms with Gasteiger partial charge in [0.25, 0.3) is 0 Å². The zero-order valence-electron chi connectivity index (χ0n) is 10.2. The van der Waals surface area contributed by atoms with Crippen molar-refractivity contribution in [2.45, 2.75) is 13.0 Å². The van der Waals surface area contributed by atoms with Crippen LogP contribution in [-0.2, 0) is 4.79 Å². The lowest BCUT2D eigenvalue weighted by Crippen LogP contribution is -2.25. The molecule has 1 atom stereocenters. The van der Waals surface area contributed by atoms with Gasteiger partial charge in [0.2, 0.25) is 0 Å². The molecule has 0 spiro atoms. The Labute approximate surface area is 104 Å². The third kappa shape index (κ3) is 2.51. The van der Waals surface area contributed by atoms with Gasteiger partial charge in [-0.3, -0.25) is 4.79 Å². The van der Waals surface area contributed by atoms with E-state index in [1.165, 1.54) is 0 Å². The van der Waals surface area contributed by atoms with E-state index in [0.717, 1.165) is 16.7 Å². The third-order valence-corrected chi connectivity index (χ3v) is 2.63. The van der Waals surface area contributed by atoms with Crippen LogP contribution >= 0.6 is 0 Å². The molecule has 0 aliphatic rings. The maximum Gasteiger partial charge on any atom is 0.325 e. The Kier molecular flexibility index (Phi) is 3.32. The van der Waals surface area contributed by atoms with E-state index in [4.69, 9.17) is 9.84 Å². The molecule has 0 aliphatic carbocycles. The average molecular weight is 246 g/mol. The van der Waals surface area contributed by atoms with Gasteiger partial charge in [-0.25, -0.2) is 4.98 Å². The van der Waals surface area contributed by atoms with Crippen molar-refractivity contribution in [2.24, 2.45) is 0 Å². The van der Waals surface area contributed by atoms with Gasteiger partial charge in [-0.2, -0.15) is 0 Å². The molecule has 1 aromatic heterocycles. The van der Waals surface area contributed by atoms with Gasteiger partial charge in [-0.05, 0) is 37.3 Å². The van der Waals surface area contributed by atoms with Crippen LogP contribution in [0.25, 0.3) is 10.9 Å². The van der Waals surface area contributed by atoms with E-state index >= 15 is 0 Å². The monoisotopic (exact) mass is 246 g/mol. The second-order valence-corrected chi connectivity index (χ2v) is 3.96. The fourth-order valence-electron chi connectivity index (χ4n) is 1.59. The number of nitrogens with zero attached hydrogens (tertiary/aromatic N) is 1. The Morgan fingerprint density at radius 2 is 2.17 bits per heavy atom. The molecule has 5 nitrogen and oxygen atoms in total. The number of carboxylic acids is 1. The van der Waals surface area contributed by atoms with Crippen LogP contribution in [0.15, 0.2) is 30.3 Å². The smallest absolute Gasteiger partial charge is 0.325 e. The molecule has 5 heteroatoms. The lowest BCUT2D eigenvalue weighted by Gasteiger charge is -2.10. The number of rotatable bonds is 4. The van der Waals surface area contributed by atoms with Crippen molar-refractivity contribution in [3.63, 3.8) is 0 Å². The van der Waals surface area contributed by atoms with E-state index in [1.54, 1.807) is 20.1 Å². The van der Waals surface area contributed by atoms with Gasteiger partial charge in [0.05, 0.1) is 12.6 Å². The van der Waals surface area contributed by atoms with Gasteiger partial charge in [0.1, 0.15) is 17.6 Å². The van der Waals surface area contributed by atoms with E-state index < -0.39 is 12.0 Å². The molecule has 0 aliphatic heterocycles. The second-order valence-electron chi connectivity index (χ2n) is 3.96. The highest BCUT2D eigenvalue weighted by Gasteiger charge is 2.10. The van der Waals surface area contributed by atoms with Crippen LogP contribution in [-0.4, -0.2) is 29.2 Å². The summed E-state index contributed by atoms with van der Waals surface area (Å²) in [6.07, 6.45) is 0. The SMILES string of the molecule is COc1ccc2nc(NC(C)C(=O)O)ccc2c1. The molecule has 0 radical (unpaired) electrons. The predicted molar refractivity (Wildman–Crippen MR) is 69.0 cm³/mol. The summed E-state index contributed by atoms with van der Waals surface area (Å²) in [5.74, 6) is 0.401. The number of nitrogens with one attached hydrogen (secondary N) is 1. The van der Waals surface area contributed by atoms with Crippen molar-refractivity contribution < 1.29 is 14.6 Å². The quantitative estimate of drug-likeness (QED) is 0.864.